The molecule has 1 amide bonds. The second-order valence-electron chi connectivity index (χ2n) is 5.91. The molecule has 0 bridgehead atoms. The number of amides is 1. The van der Waals surface area contributed by atoms with Crippen molar-refractivity contribution >= 4 is 33.4 Å². The van der Waals surface area contributed by atoms with Gasteiger partial charge in [-0.05, 0) is 38.5 Å². The number of hydrogen-bond acceptors (Lipinski definition) is 2. The summed E-state index contributed by atoms with van der Waals surface area (Å²) in [5, 5.41) is 0.663. The van der Waals surface area contributed by atoms with Crippen LogP contribution in [-0.2, 0) is 4.79 Å². The van der Waals surface area contributed by atoms with Crippen molar-refractivity contribution in [3.8, 4) is 0 Å². The standard InChI is InChI=1S/C14H18BrClN2O/c1-14(2,3)18-12(19)7-11(17)13(18)9-5-4-8(16)6-10(9)15/h4-6,11,13H,7,17H2,1-3H3. The van der Waals surface area contributed by atoms with Crippen LogP contribution >= 0.6 is 27.5 Å². The lowest BCUT2D eigenvalue weighted by Gasteiger charge is -2.38. The normalized spacial score (nSPS) is 24.1. The molecule has 1 aliphatic rings. The van der Waals surface area contributed by atoms with Gasteiger partial charge in [-0.25, -0.2) is 0 Å². The van der Waals surface area contributed by atoms with E-state index in [0.29, 0.717) is 11.4 Å². The van der Waals surface area contributed by atoms with Gasteiger partial charge in [0.15, 0.2) is 0 Å². The number of hydrogen-bond donors (Lipinski definition) is 1. The van der Waals surface area contributed by atoms with Gasteiger partial charge in [0.05, 0.1) is 6.04 Å². The Morgan fingerprint density at radius 3 is 2.58 bits per heavy atom. The van der Waals surface area contributed by atoms with E-state index in [2.05, 4.69) is 15.9 Å². The van der Waals surface area contributed by atoms with E-state index in [1.807, 2.05) is 43.9 Å². The van der Waals surface area contributed by atoms with Gasteiger partial charge in [0.25, 0.3) is 0 Å². The summed E-state index contributed by atoms with van der Waals surface area (Å²) >= 11 is 9.49. The van der Waals surface area contributed by atoms with E-state index in [1.54, 1.807) is 0 Å². The van der Waals surface area contributed by atoms with Crippen molar-refractivity contribution in [2.24, 2.45) is 5.73 Å². The summed E-state index contributed by atoms with van der Waals surface area (Å²) in [5.74, 6) is 0.104. The van der Waals surface area contributed by atoms with Gasteiger partial charge >= 0.3 is 0 Å². The van der Waals surface area contributed by atoms with E-state index >= 15 is 0 Å². The minimum Gasteiger partial charge on any atom is -0.329 e. The largest absolute Gasteiger partial charge is 0.329 e. The van der Waals surface area contributed by atoms with E-state index in [0.717, 1.165) is 10.0 Å². The lowest BCUT2D eigenvalue weighted by Crippen LogP contribution is -2.45. The van der Waals surface area contributed by atoms with E-state index in [1.165, 1.54) is 0 Å². The number of nitrogens with zero attached hydrogens (tertiary/aromatic N) is 1. The van der Waals surface area contributed by atoms with Crippen molar-refractivity contribution in [1.29, 1.82) is 0 Å². The maximum absolute atomic E-state index is 12.2. The molecule has 1 aliphatic heterocycles. The average Bonchev–Trinajstić information content (AvgIpc) is 2.53. The molecule has 0 spiro atoms. The summed E-state index contributed by atoms with van der Waals surface area (Å²) in [4.78, 5) is 14.1. The Labute approximate surface area is 127 Å². The number of likely N-dealkylation sites (tertiary alicyclic amines) is 1. The van der Waals surface area contributed by atoms with Crippen LogP contribution in [0.5, 0.6) is 0 Å². The summed E-state index contributed by atoms with van der Waals surface area (Å²) in [6.07, 6.45) is 0.386. The highest BCUT2D eigenvalue weighted by Gasteiger charge is 2.44. The summed E-state index contributed by atoms with van der Waals surface area (Å²) in [5.41, 5.74) is 6.94. The Hall–Kier alpha value is -0.580. The number of nitrogens with two attached hydrogens (primary N) is 1. The minimum absolute atomic E-state index is 0.104. The highest BCUT2D eigenvalue weighted by atomic mass is 79.9. The van der Waals surface area contributed by atoms with E-state index in [-0.39, 0.29) is 23.5 Å². The van der Waals surface area contributed by atoms with Crippen LogP contribution in [-0.4, -0.2) is 22.4 Å². The molecule has 0 aliphatic carbocycles. The molecule has 104 valence electrons. The second-order valence-corrected chi connectivity index (χ2v) is 7.20. The van der Waals surface area contributed by atoms with Crippen molar-refractivity contribution in [3.63, 3.8) is 0 Å². The van der Waals surface area contributed by atoms with Crippen LogP contribution < -0.4 is 5.73 Å². The molecule has 3 nitrogen and oxygen atoms in total. The Bertz CT molecular complexity index is 513. The molecule has 1 aromatic rings. The van der Waals surface area contributed by atoms with Gasteiger partial charge in [0, 0.05) is 27.5 Å². The van der Waals surface area contributed by atoms with Crippen LogP contribution in [0.1, 0.15) is 38.8 Å². The minimum atomic E-state index is -0.255. The molecule has 0 saturated carbocycles. The smallest absolute Gasteiger partial charge is 0.225 e. The molecule has 1 saturated heterocycles. The Balaban J connectivity index is 2.48. The van der Waals surface area contributed by atoms with Gasteiger partial charge in [-0.3, -0.25) is 4.79 Å². The molecule has 19 heavy (non-hydrogen) atoms. The molecule has 2 N–H and O–H groups in total. The number of rotatable bonds is 1. The summed E-state index contributed by atoms with van der Waals surface area (Å²) < 4.78 is 0.893. The molecule has 1 fully saturated rings. The summed E-state index contributed by atoms with van der Waals surface area (Å²) in [6, 6.07) is 5.31. The molecule has 1 aromatic carbocycles. The lowest BCUT2D eigenvalue weighted by atomic mass is 9.97. The van der Waals surface area contributed by atoms with Crippen molar-refractivity contribution in [2.75, 3.05) is 0 Å². The monoisotopic (exact) mass is 344 g/mol. The first-order chi connectivity index (χ1) is 8.71. The van der Waals surface area contributed by atoms with Gasteiger partial charge in [0.2, 0.25) is 5.91 Å². The SMILES string of the molecule is CC(C)(C)N1C(=O)CC(N)C1c1ccc(Cl)cc1Br. The fraction of sp³-hybridized carbons (Fsp3) is 0.500. The van der Waals surface area contributed by atoms with E-state index in [9.17, 15) is 4.79 Å². The molecule has 1 heterocycles. The van der Waals surface area contributed by atoms with Crippen LogP contribution in [0.4, 0.5) is 0 Å². The molecule has 2 unspecified atom stereocenters. The third-order valence-electron chi connectivity index (χ3n) is 3.37. The molecule has 0 aromatic heterocycles. The van der Waals surface area contributed by atoms with Crippen LogP contribution in [0.2, 0.25) is 5.02 Å². The quantitative estimate of drug-likeness (QED) is 0.846. The fourth-order valence-corrected chi connectivity index (χ4v) is 3.58. The van der Waals surface area contributed by atoms with Crippen molar-refractivity contribution in [1.82, 2.24) is 4.90 Å². The Morgan fingerprint density at radius 2 is 2.05 bits per heavy atom. The zero-order valence-electron chi connectivity index (χ0n) is 11.3. The van der Waals surface area contributed by atoms with Gasteiger partial charge in [-0.15, -0.1) is 0 Å². The second kappa shape index (κ2) is 5.08. The van der Waals surface area contributed by atoms with Crippen molar-refractivity contribution in [2.45, 2.75) is 44.8 Å². The highest BCUT2D eigenvalue weighted by molar-refractivity contribution is 9.10. The third kappa shape index (κ3) is 2.81. The molecular formula is C14H18BrClN2O. The number of benzene rings is 1. The Kier molecular flexibility index (Phi) is 3.96. The van der Waals surface area contributed by atoms with Crippen LogP contribution in [0.3, 0.4) is 0 Å². The fourth-order valence-electron chi connectivity index (χ4n) is 2.66. The maximum Gasteiger partial charge on any atom is 0.225 e. The number of carbonyl (C=O) groups excluding carboxylic acids is 1. The predicted molar refractivity (Wildman–Crippen MR) is 81.1 cm³/mol. The topological polar surface area (TPSA) is 46.3 Å². The van der Waals surface area contributed by atoms with Crippen molar-refractivity contribution < 1.29 is 4.79 Å². The van der Waals surface area contributed by atoms with Crippen LogP contribution in [0.25, 0.3) is 0 Å². The zero-order chi connectivity index (χ0) is 14.4. The van der Waals surface area contributed by atoms with E-state index < -0.39 is 0 Å². The molecular weight excluding hydrogens is 328 g/mol. The van der Waals surface area contributed by atoms with Gasteiger partial charge in [-0.2, -0.15) is 0 Å². The maximum atomic E-state index is 12.2. The predicted octanol–water partition coefficient (Wildman–Crippen LogP) is 3.50. The van der Waals surface area contributed by atoms with Gasteiger partial charge in [-0.1, -0.05) is 33.6 Å². The number of halogens is 2. The summed E-state index contributed by atoms with van der Waals surface area (Å²) in [7, 11) is 0. The molecule has 2 atom stereocenters. The van der Waals surface area contributed by atoms with Crippen LogP contribution in [0, 0.1) is 0 Å². The molecule has 5 heteroatoms. The highest BCUT2D eigenvalue weighted by Crippen LogP contribution is 2.40. The van der Waals surface area contributed by atoms with E-state index in [4.69, 9.17) is 17.3 Å². The first-order valence-electron chi connectivity index (χ1n) is 6.24. The number of carbonyl (C=O) groups is 1. The van der Waals surface area contributed by atoms with Crippen molar-refractivity contribution in [3.05, 3.63) is 33.3 Å². The van der Waals surface area contributed by atoms with Gasteiger partial charge < -0.3 is 10.6 Å². The van der Waals surface area contributed by atoms with Crippen LogP contribution in [0.15, 0.2) is 22.7 Å². The third-order valence-corrected chi connectivity index (χ3v) is 4.29. The summed E-state index contributed by atoms with van der Waals surface area (Å²) in [6.45, 7) is 6.08. The zero-order valence-corrected chi connectivity index (χ0v) is 13.6. The lowest BCUT2D eigenvalue weighted by molar-refractivity contribution is -0.133. The Morgan fingerprint density at radius 1 is 1.42 bits per heavy atom. The first kappa shape index (κ1) is 14.8. The first-order valence-corrected chi connectivity index (χ1v) is 7.41. The molecule has 0 radical (unpaired) electrons. The molecule has 2 rings (SSSR count). The average molecular weight is 346 g/mol. The van der Waals surface area contributed by atoms with Gasteiger partial charge in [0.1, 0.15) is 0 Å².